The van der Waals surface area contributed by atoms with Crippen molar-refractivity contribution in [1.29, 1.82) is 0 Å². The molecule has 0 aliphatic carbocycles. The van der Waals surface area contributed by atoms with Crippen LogP contribution in [-0.2, 0) is 13.1 Å². The fourth-order valence-corrected chi connectivity index (χ4v) is 4.66. The summed E-state index contributed by atoms with van der Waals surface area (Å²) in [4.78, 5) is 28.0. The van der Waals surface area contributed by atoms with E-state index in [2.05, 4.69) is 9.88 Å². The summed E-state index contributed by atoms with van der Waals surface area (Å²) in [6.45, 7) is 1.13. The second-order valence-corrected chi connectivity index (χ2v) is 9.09. The van der Waals surface area contributed by atoms with Crippen LogP contribution >= 0.6 is 34.8 Å². The number of carbonyl (C=O) groups is 2. The maximum atomic E-state index is 13.6. The van der Waals surface area contributed by atoms with Crippen molar-refractivity contribution in [2.45, 2.75) is 13.1 Å². The van der Waals surface area contributed by atoms with Gasteiger partial charge in [0.15, 0.2) is 0 Å². The van der Waals surface area contributed by atoms with Gasteiger partial charge in [0.2, 0.25) is 0 Å². The highest BCUT2D eigenvalue weighted by Crippen LogP contribution is 2.32. The molecule has 2 amide bonds. The topological polar surface area (TPSA) is 54.3 Å². The van der Waals surface area contributed by atoms with Gasteiger partial charge in [-0.25, -0.2) is 0 Å². The molecular formula is C26H18Cl3N3O2. The highest BCUT2D eigenvalue weighted by Gasteiger charge is 2.25. The van der Waals surface area contributed by atoms with E-state index in [-0.39, 0.29) is 26.5 Å². The van der Waals surface area contributed by atoms with Gasteiger partial charge < -0.3 is 14.8 Å². The minimum absolute atomic E-state index is 0.161. The smallest absolute Gasteiger partial charge is 0.258 e. The molecular weight excluding hydrogens is 493 g/mol. The Morgan fingerprint density at radius 3 is 2.47 bits per heavy atom. The largest absolute Gasteiger partial charge is 0.345 e. The summed E-state index contributed by atoms with van der Waals surface area (Å²) in [5, 5.41) is 3.42. The Balaban J connectivity index is 1.43. The Labute approximate surface area is 211 Å². The predicted molar refractivity (Wildman–Crippen MR) is 136 cm³/mol. The molecule has 0 saturated carbocycles. The van der Waals surface area contributed by atoms with Crippen LogP contribution in [0.15, 0.2) is 79.0 Å². The maximum Gasteiger partial charge on any atom is 0.258 e. The molecule has 5 nitrogen and oxygen atoms in total. The van der Waals surface area contributed by atoms with Crippen molar-refractivity contribution in [2.75, 3.05) is 10.2 Å². The van der Waals surface area contributed by atoms with E-state index in [1.54, 1.807) is 41.3 Å². The van der Waals surface area contributed by atoms with Crippen molar-refractivity contribution in [2.24, 2.45) is 0 Å². The number of hydrogen-bond acceptors (Lipinski definition) is 2. The van der Waals surface area contributed by atoms with Gasteiger partial charge in [-0.3, -0.25) is 9.59 Å². The Hall–Kier alpha value is -3.25. The first-order valence-electron chi connectivity index (χ1n) is 10.5. The van der Waals surface area contributed by atoms with E-state index in [0.717, 1.165) is 16.9 Å². The van der Waals surface area contributed by atoms with Crippen LogP contribution in [0.5, 0.6) is 0 Å². The van der Waals surface area contributed by atoms with Crippen LogP contribution in [0.4, 0.5) is 11.4 Å². The highest BCUT2D eigenvalue weighted by atomic mass is 35.5. The fourth-order valence-electron chi connectivity index (χ4n) is 4.04. The lowest BCUT2D eigenvalue weighted by Gasteiger charge is -2.23. The summed E-state index contributed by atoms with van der Waals surface area (Å²) in [7, 11) is 0. The van der Waals surface area contributed by atoms with Gasteiger partial charge >= 0.3 is 0 Å². The number of carbonyl (C=O) groups excluding carboxylic acids is 2. The van der Waals surface area contributed by atoms with Gasteiger partial charge in [0.05, 0.1) is 32.9 Å². The van der Waals surface area contributed by atoms with Crippen molar-refractivity contribution in [1.82, 2.24) is 4.57 Å². The third-order valence-corrected chi connectivity index (χ3v) is 6.90. The molecule has 1 N–H and O–H groups in total. The Morgan fingerprint density at radius 2 is 1.65 bits per heavy atom. The van der Waals surface area contributed by atoms with E-state index in [1.165, 1.54) is 0 Å². The molecule has 0 unspecified atom stereocenters. The molecule has 2 heterocycles. The number of amides is 2. The van der Waals surface area contributed by atoms with Gasteiger partial charge in [-0.15, -0.1) is 0 Å². The van der Waals surface area contributed by atoms with Crippen LogP contribution in [0.25, 0.3) is 0 Å². The van der Waals surface area contributed by atoms with Crippen LogP contribution < -0.4 is 10.2 Å². The number of nitrogens with zero attached hydrogens (tertiary/aromatic N) is 2. The third kappa shape index (κ3) is 4.18. The number of benzene rings is 3. The molecule has 0 atom stereocenters. The quantitative estimate of drug-likeness (QED) is 0.326. The number of nitrogens with one attached hydrogen (secondary N) is 1. The lowest BCUT2D eigenvalue weighted by molar-refractivity contribution is 0.0983. The van der Waals surface area contributed by atoms with E-state index < -0.39 is 5.91 Å². The van der Waals surface area contributed by atoms with Gasteiger partial charge in [-0.2, -0.15) is 0 Å². The van der Waals surface area contributed by atoms with E-state index >= 15 is 0 Å². The average Bonchev–Trinajstić information content (AvgIpc) is 3.20. The molecule has 4 aromatic rings. The molecule has 1 aromatic heterocycles. The molecule has 0 bridgehead atoms. The Kier molecular flexibility index (Phi) is 6.09. The highest BCUT2D eigenvalue weighted by molar-refractivity contribution is 6.44. The number of halogens is 3. The van der Waals surface area contributed by atoms with E-state index in [0.29, 0.717) is 24.3 Å². The van der Waals surface area contributed by atoms with Gasteiger partial charge in [-0.05, 0) is 54.1 Å². The van der Waals surface area contributed by atoms with Crippen LogP contribution in [0.2, 0.25) is 15.1 Å². The Bertz CT molecular complexity index is 1430. The van der Waals surface area contributed by atoms with Crippen molar-refractivity contribution < 1.29 is 9.59 Å². The summed E-state index contributed by atoms with van der Waals surface area (Å²) in [6.07, 6.45) is 2.01. The molecule has 34 heavy (non-hydrogen) atoms. The normalized spacial score (nSPS) is 12.5. The van der Waals surface area contributed by atoms with Crippen LogP contribution in [-0.4, -0.2) is 16.4 Å². The van der Waals surface area contributed by atoms with Gasteiger partial charge in [0.1, 0.15) is 0 Å². The minimum Gasteiger partial charge on any atom is -0.345 e. The third-order valence-electron chi connectivity index (χ3n) is 5.77. The van der Waals surface area contributed by atoms with Crippen molar-refractivity contribution in [3.8, 4) is 0 Å². The lowest BCUT2D eigenvalue weighted by Crippen LogP contribution is -2.30. The minimum atomic E-state index is -0.448. The molecule has 5 rings (SSSR count). The molecule has 0 radical (unpaired) electrons. The zero-order valence-electron chi connectivity index (χ0n) is 17.8. The second-order valence-electron chi connectivity index (χ2n) is 7.90. The van der Waals surface area contributed by atoms with Crippen LogP contribution in [0.1, 0.15) is 32.0 Å². The van der Waals surface area contributed by atoms with Crippen LogP contribution in [0.3, 0.4) is 0 Å². The summed E-state index contributed by atoms with van der Waals surface area (Å²) in [6, 6.07) is 21.5. The molecule has 0 fully saturated rings. The van der Waals surface area contributed by atoms with Crippen molar-refractivity contribution >= 4 is 58.0 Å². The van der Waals surface area contributed by atoms with Crippen molar-refractivity contribution in [3.63, 3.8) is 0 Å². The number of rotatable bonds is 3. The molecule has 170 valence electrons. The first-order valence-corrected chi connectivity index (χ1v) is 11.6. The van der Waals surface area contributed by atoms with E-state index in [9.17, 15) is 9.59 Å². The standard InChI is InChI=1S/C26H18Cl3N3O2/c27-20-8-3-7-19(24(20)29)25(33)30-22-11-10-16(13-21(22)28)26(34)32-15-18-6-4-12-31(18)14-17-5-1-2-9-23(17)32/h1-13H,14-15H2,(H,30,33). The number of anilines is 2. The van der Waals surface area contributed by atoms with Gasteiger partial charge in [0.25, 0.3) is 11.8 Å². The molecule has 3 aromatic carbocycles. The summed E-state index contributed by atoms with van der Waals surface area (Å²) in [5.74, 6) is -0.629. The molecule has 1 aliphatic heterocycles. The SMILES string of the molecule is O=C(Nc1ccc(C(=O)N2Cc3cccn3Cc3ccccc32)cc1Cl)c1cccc(Cl)c1Cl. The molecule has 8 heteroatoms. The number of para-hydroxylation sites is 1. The average molecular weight is 511 g/mol. The fraction of sp³-hybridized carbons (Fsp3) is 0.0769. The molecule has 1 aliphatic rings. The van der Waals surface area contributed by atoms with Crippen LogP contribution in [0, 0.1) is 0 Å². The second kappa shape index (κ2) is 9.18. The zero-order chi connectivity index (χ0) is 23.8. The monoisotopic (exact) mass is 509 g/mol. The van der Waals surface area contributed by atoms with E-state index in [4.69, 9.17) is 34.8 Å². The summed E-state index contributed by atoms with van der Waals surface area (Å²) in [5.41, 5.74) is 3.97. The first-order chi connectivity index (χ1) is 16.4. The summed E-state index contributed by atoms with van der Waals surface area (Å²) < 4.78 is 2.14. The zero-order valence-corrected chi connectivity index (χ0v) is 20.0. The Morgan fingerprint density at radius 1 is 0.824 bits per heavy atom. The van der Waals surface area contributed by atoms with E-state index in [1.807, 2.05) is 42.6 Å². The predicted octanol–water partition coefficient (Wildman–Crippen LogP) is 6.91. The molecule has 0 spiro atoms. The van der Waals surface area contributed by atoms with Gasteiger partial charge in [-0.1, -0.05) is 59.1 Å². The number of fused-ring (bicyclic) bond motifs is 2. The molecule has 0 saturated heterocycles. The van der Waals surface area contributed by atoms with Gasteiger partial charge in [0, 0.05) is 29.7 Å². The summed E-state index contributed by atoms with van der Waals surface area (Å²) >= 11 is 18.6. The first kappa shape index (κ1) is 22.5. The number of hydrogen-bond donors (Lipinski definition) is 1. The lowest BCUT2D eigenvalue weighted by atomic mass is 10.1. The number of aromatic nitrogens is 1. The van der Waals surface area contributed by atoms with Crippen molar-refractivity contribution in [3.05, 3.63) is 116 Å². The maximum absolute atomic E-state index is 13.6.